The van der Waals surface area contributed by atoms with Gasteiger partial charge in [0.2, 0.25) is 0 Å². The quantitative estimate of drug-likeness (QED) is 0.855. The van der Waals surface area contributed by atoms with Gasteiger partial charge in [-0.3, -0.25) is 9.48 Å². The summed E-state index contributed by atoms with van der Waals surface area (Å²) in [5, 5.41) is 4.33. The molecule has 1 saturated heterocycles. The van der Waals surface area contributed by atoms with E-state index in [-0.39, 0.29) is 5.91 Å². The summed E-state index contributed by atoms with van der Waals surface area (Å²) in [6, 6.07) is 4.40. The van der Waals surface area contributed by atoms with Gasteiger partial charge in [-0.25, -0.2) is 0 Å². The number of piperidine rings is 1. The van der Waals surface area contributed by atoms with Crippen molar-refractivity contribution in [2.45, 2.75) is 38.1 Å². The normalized spacial score (nSPS) is 21.5. The van der Waals surface area contributed by atoms with E-state index in [9.17, 15) is 4.79 Å². The molecule has 0 saturated carbocycles. The lowest BCUT2D eigenvalue weighted by molar-refractivity contribution is 0.0678. The summed E-state index contributed by atoms with van der Waals surface area (Å²) in [6.45, 7) is 1.66. The maximum atomic E-state index is 12.7. The number of fused-ring (bicyclic) bond motifs is 1. The molecule has 0 spiro atoms. The lowest BCUT2D eigenvalue weighted by atomic mass is 10.1. The van der Waals surface area contributed by atoms with Crippen LogP contribution in [0.1, 0.15) is 45.4 Å². The zero-order chi connectivity index (χ0) is 14.2. The van der Waals surface area contributed by atoms with E-state index >= 15 is 0 Å². The van der Waals surface area contributed by atoms with E-state index in [1.54, 1.807) is 11.3 Å². The van der Waals surface area contributed by atoms with E-state index in [2.05, 4.69) is 11.2 Å². The van der Waals surface area contributed by atoms with Crippen LogP contribution in [0.4, 0.5) is 0 Å². The number of rotatable bonds is 2. The van der Waals surface area contributed by atoms with Crippen LogP contribution in [0.5, 0.6) is 0 Å². The molecule has 3 heterocycles. The van der Waals surface area contributed by atoms with Crippen LogP contribution in [0.3, 0.4) is 0 Å². The number of carbonyl (C=O) groups excluding carboxylic acids is 1. The predicted octanol–water partition coefficient (Wildman–Crippen LogP) is 2.91. The zero-order valence-electron chi connectivity index (χ0n) is 12.0. The van der Waals surface area contributed by atoms with Crippen molar-refractivity contribution in [3.63, 3.8) is 0 Å². The Morgan fingerprint density at radius 3 is 3.10 bits per heavy atom. The molecule has 1 amide bonds. The third-order valence-corrected chi connectivity index (χ3v) is 5.77. The monoisotopic (exact) mass is 301 g/mol. The Kier molecular flexibility index (Phi) is 3.30. The highest BCUT2D eigenvalue weighted by Gasteiger charge is 2.27. The summed E-state index contributed by atoms with van der Waals surface area (Å²) in [6.07, 6.45) is 9.52. The first-order chi connectivity index (χ1) is 10.3. The minimum atomic E-state index is 0.214. The first kappa shape index (κ1) is 13.1. The molecule has 2 aliphatic rings. The van der Waals surface area contributed by atoms with Gasteiger partial charge < -0.3 is 4.90 Å². The molecule has 2 aromatic rings. The molecule has 21 heavy (non-hydrogen) atoms. The van der Waals surface area contributed by atoms with Crippen molar-refractivity contribution >= 4 is 17.2 Å². The molecule has 5 heteroatoms. The Bertz CT molecular complexity index is 625. The highest BCUT2D eigenvalue weighted by molar-refractivity contribution is 7.14. The van der Waals surface area contributed by atoms with Crippen molar-refractivity contribution in [2.75, 3.05) is 13.1 Å². The van der Waals surface area contributed by atoms with Crippen LogP contribution in [0.15, 0.2) is 24.5 Å². The lowest BCUT2D eigenvalue weighted by Gasteiger charge is -2.32. The van der Waals surface area contributed by atoms with Gasteiger partial charge in [-0.05, 0) is 49.8 Å². The fourth-order valence-corrected chi connectivity index (χ4v) is 4.66. The Morgan fingerprint density at radius 1 is 1.33 bits per heavy atom. The maximum Gasteiger partial charge on any atom is 0.264 e. The van der Waals surface area contributed by atoms with Crippen LogP contribution in [0.25, 0.3) is 0 Å². The van der Waals surface area contributed by atoms with Crippen LogP contribution in [0.2, 0.25) is 0 Å². The molecule has 4 nitrogen and oxygen atoms in total. The van der Waals surface area contributed by atoms with Crippen molar-refractivity contribution in [1.29, 1.82) is 0 Å². The van der Waals surface area contributed by atoms with Crippen LogP contribution >= 0.6 is 11.3 Å². The average Bonchev–Trinajstić information content (AvgIpc) is 3.22. The van der Waals surface area contributed by atoms with Gasteiger partial charge in [-0.15, -0.1) is 11.3 Å². The number of aryl methyl sites for hydroxylation is 2. The largest absolute Gasteiger partial charge is 0.336 e. The molecule has 0 bridgehead atoms. The second kappa shape index (κ2) is 5.30. The highest BCUT2D eigenvalue weighted by Crippen LogP contribution is 2.32. The van der Waals surface area contributed by atoms with Crippen LogP contribution in [-0.4, -0.2) is 33.7 Å². The molecule has 0 unspecified atom stereocenters. The molecule has 1 fully saturated rings. The Hall–Kier alpha value is -1.62. The molecule has 1 aliphatic carbocycles. The van der Waals surface area contributed by atoms with Crippen molar-refractivity contribution in [3.8, 4) is 0 Å². The van der Waals surface area contributed by atoms with Gasteiger partial charge in [0.05, 0.1) is 10.9 Å². The standard InChI is InChI=1S/C16H19N3OS/c20-16(15-10-12-4-1-6-14(12)21-15)18-8-2-5-13(11-18)19-9-3-7-17-19/h3,7,9-10,13H,1-2,4-6,8,11H2/t13-/m0/s1. The van der Waals surface area contributed by atoms with Gasteiger partial charge in [-0.1, -0.05) is 0 Å². The topological polar surface area (TPSA) is 38.1 Å². The lowest BCUT2D eigenvalue weighted by Crippen LogP contribution is -2.40. The van der Waals surface area contributed by atoms with Crippen LogP contribution in [0, 0.1) is 0 Å². The van der Waals surface area contributed by atoms with E-state index in [1.165, 1.54) is 16.9 Å². The molecular weight excluding hydrogens is 282 g/mol. The average molecular weight is 301 g/mol. The molecule has 4 rings (SSSR count). The SMILES string of the molecule is O=C(c1cc2c(s1)CCC2)N1CCC[C@H](n2cccn2)C1. The second-order valence-electron chi connectivity index (χ2n) is 5.95. The molecule has 1 atom stereocenters. The molecular formula is C16H19N3OS. The first-order valence-corrected chi connectivity index (χ1v) is 8.53. The number of amides is 1. The molecule has 0 radical (unpaired) electrons. The second-order valence-corrected chi connectivity index (χ2v) is 7.08. The first-order valence-electron chi connectivity index (χ1n) is 7.71. The Balaban J connectivity index is 1.51. The molecule has 1 aliphatic heterocycles. The van der Waals surface area contributed by atoms with E-state index in [1.807, 2.05) is 28.0 Å². The van der Waals surface area contributed by atoms with Crippen molar-refractivity contribution in [1.82, 2.24) is 14.7 Å². The van der Waals surface area contributed by atoms with Crippen LogP contribution < -0.4 is 0 Å². The predicted molar refractivity (Wildman–Crippen MR) is 82.7 cm³/mol. The summed E-state index contributed by atoms with van der Waals surface area (Å²) >= 11 is 1.71. The van der Waals surface area contributed by atoms with Crippen LogP contribution in [-0.2, 0) is 12.8 Å². The number of thiophene rings is 1. The third-order valence-electron chi connectivity index (χ3n) is 4.54. The number of likely N-dealkylation sites (tertiary alicyclic amines) is 1. The summed E-state index contributed by atoms with van der Waals surface area (Å²) in [5.74, 6) is 0.214. The third kappa shape index (κ3) is 2.39. The van der Waals surface area contributed by atoms with E-state index in [0.29, 0.717) is 6.04 Å². The summed E-state index contributed by atoms with van der Waals surface area (Å²) in [4.78, 5) is 17.1. The molecule has 0 aromatic carbocycles. The van der Waals surface area contributed by atoms with Gasteiger partial charge in [0.25, 0.3) is 5.91 Å². The molecule has 2 aromatic heterocycles. The number of nitrogens with zero attached hydrogens (tertiary/aromatic N) is 3. The van der Waals surface area contributed by atoms with E-state index in [0.717, 1.165) is 43.6 Å². The fourth-order valence-electron chi connectivity index (χ4n) is 3.44. The van der Waals surface area contributed by atoms with Gasteiger partial charge in [0.1, 0.15) is 0 Å². The minimum Gasteiger partial charge on any atom is -0.336 e. The summed E-state index contributed by atoms with van der Waals surface area (Å²) in [7, 11) is 0. The molecule has 0 N–H and O–H groups in total. The summed E-state index contributed by atoms with van der Waals surface area (Å²) < 4.78 is 1.99. The van der Waals surface area contributed by atoms with Gasteiger partial charge in [-0.2, -0.15) is 5.10 Å². The smallest absolute Gasteiger partial charge is 0.264 e. The fraction of sp³-hybridized carbons (Fsp3) is 0.500. The van der Waals surface area contributed by atoms with Gasteiger partial charge in [0, 0.05) is 30.4 Å². The van der Waals surface area contributed by atoms with Crippen molar-refractivity contribution in [2.24, 2.45) is 0 Å². The number of carbonyl (C=O) groups is 1. The summed E-state index contributed by atoms with van der Waals surface area (Å²) in [5.41, 5.74) is 1.41. The maximum absolute atomic E-state index is 12.7. The number of hydrogen-bond donors (Lipinski definition) is 0. The van der Waals surface area contributed by atoms with Crippen molar-refractivity contribution in [3.05, 3.63) is 39.8 Å². The molecule has 110 valence electrons. The zero-order valence-corrected chi connectivity index (χ0v) is 12.8. The van der Waals surface area contributed by atoms with Gasteiger partial charge >= 0.3 is 0 Å². The van der Waals surface area contributed by atoms with Gasteiger partial charge in [0.15, 0.2) is 0 Å². The highest BCUT2D eigenvalue weighted by atomic mass is 32.1. The van der Waals surface area contributed by atoms with Crippen molar-refractivity contribution < 1.29 is 4.79 Å². The van der Waals surface area contributed by atoms with E-state index in [4.69, 9.17) is 0 Å². The number of aromatic nitrogens is 2. The Morgan fingerprint density at radius 2 is 2.29 bits per heavy atom. The van der Waals surface area contributed by atoms with E-state index < -0.39 is 0 Å². The minimum absolute atomic E-state index is 0.214. The Labute approximate surface area is 128 Å². The number of hydrogen-bond acceptors (Lipinski definition) is 3.